The maximum atomic E-state index is 5.93. The van der Waals surface area contributed by atoms with Gasteiger partial charge in [0, 0.05) is 18.3 Å². The monoisotopic (exact) mass is 232 g/mol. The lowest BCUT2D eigenvalue weighted by atomic mass is 10.2. The smallest absolute Gasteiger partial charge is 0.286 e. The van der Waals surface area contributed by atoms with Crippen LogP contribution in [0.25, 0.3) is 5.65 Å². The van der Waals surface area contributed by atoms with Gasteiger partial charge in [0.2, 0.25) is 5.82 Å². The summed E-state index contributed by atoms with van der Waals surface area (Å²) in [5.41, 5.74) is 7.90. The van der Waals surface area contributed by atoms with Gasteiger partial charge < -0.3 is 11.1 Å². The van der Waals surface area contributed by atoms with Crippen LogP contribution in [0.1, 0.15) is 25.0 Å². The molecule has 2 aromatic rings. The molecule has 1 fully saturated rings. The van der Waals surface area contributed by atoms with Crippen molar-refractivity contribution in [3.8, 4) is 0 Å². The molecule has 4 N–H and O–H groups in total. The highest BCUT2D eigenvalue weighted by atomic mass is 15.3. The molecule has 0 spiro atoms. The Balaban J connectivity index is 1.91. The summed E-state index contributed by atoms with van der Waals surface area (Å²) in [5, 5.41) is 6.71. The SMILES string of the molecule is Cc1cc(N[C@@H]2CC[C@H](N)C2)[n+]2[nH]ccc2n1. The van der Waals surface area contributed by atoms with Crippen LogP contribution in [-0.4, -0.2) is 22.2 Å². The van der Waals surface area contributed by atoms with Crippen LogP contribution in [0.5, 0.6) is 0 Å². The molecule has 5 nitrogen and oxygen atoms in total. The van der Waals surface area contributed by atoms with Gasteiger partial charge in [0.1, 0.15) is 5.69 Å². The Morgan fingerprint density at radius 1 is 1.53 bits per heavy atom. The van der Waals surface area contributed by atoms with Gasteiger partial charge in [0.15, 0.2) is 0 Å². The molecule has 17 heavy (non-hydrogen) atoms. The zero-order chi connectivity index (χ0) is 11.8. The highest BCUT2D eigenvalue weighted by Crippen LogP contribution is 2.20. The second-order valence-electron chi connectivity index (χ2n) is 4.85. The number of hydrogen-bond acceptors (Lipinski definition) is 3. The van der Waals surface area contributed by atoms with Crippen LogP contribution in [-0.2, 0) is 0 Å². The number of nitrogens with zero attached hydrogens (tertiary/aromatic N) is 2. The summed E-state index contributed by atoms with van der Waals surface area (Å²) in [7, 11) is 0. The van der Waals surface area contributed by atoms with Gasteiger partial charge in [-0.3, -0.25) is 5.10 Å². The molecule has 1 aliphatic rings. The summed E-state index contributed by atoms with van der Waals surface area (Å²) in [5.74, 6) is 1.07. The molecule has 2 aromatic heterocycles. The Morgan fingerprint density at radius 3 is 3.18 bits per heavy atom. The Bertz CT molecular complexity index is 533. The molecular formula is C12H18N5+. The molecule has 2 heterocycles. The lowest BCUT2D eigenvalue weighted by Gasteiger charge is -2.09. The lowest BCUT2D eigenvalue weighted by Crippen LogP contribution is -2.33. The molecule has 0 saturated heterocycles. The van der Waals surface area contributed by atoms with E-state index in [1.54, 1.807) is 0 Å². The van der Waals surface area contributed by atoms with Crippen molar-refractivity contribution < 1.29 is 4.52 Å². The van der Waals surface area contributed by atoms with E-state index in [1.807, 2.05) is 23.7 Å². The lowest BCUT2D eigenvalue weighted by molar-refractivity contribution is -0.564. The highest BCUT2D eigenvalue weighted by Gasteiger charge is 2.25. The predicted octanol–water partition coefficient (Wildman–Crippen LogP) is 0.749. The molecule has 3 rings (SSSR count). The molecule has 2 atom stereocenters. The second kappa shape index (κ2) is 4.00. The van der Waals surface area contributed by atoms with Gasteiger partial charge in [-0.25, -0.2) is 0 Å². The third-order valence-corrected chi connectivity index (χ3v) is 3.37. The van der Waals surface area contributed by atoms with Crippen molar-refractivity contribution in [2.75, 3.05) is 5.32 Å². The number of nitrogens with one attached hydrogen (secondary N) is 2. The minimum absolute atomic E-state index is 0.347. The molecule has 0 unspecified atom stereocenters. The predicted molar refractivity (Wildman–Crippen MR) is 65.7 cm³/mol. The molecule has 1 saturated carbocycles. The van der Waals surface area contributed by atoms with E-state index in [4.69, 9.17) is 5.73 Å². The van der Waals surface area contributed by atoms with Crippen molar-refractivity contribution >= 4 is 11.5 Å². The zero-order valence-electron chi connectivity index (χ0n) is 9.98. The summed E-state index contributed by atoms with van der Waals surface area (Å²) >= 11 is 0. The van der Waals surface area contributed by atoms with Crippen molar-refractivity contribution in [2.24, 2.45) is 5.73 Å². The van der Waals surface area contributed by atoms with Gasteiger partial charge in [-0.05, 0) is 26.2 Å². The Hall–Kier alpha value is -1.62. The molecule has 0 bridgehead atoms. The third kappa shape index (κ3) is 1.98. The number of aryl methyl sites for hydroxylation is 1. The topological polar surface area (TPSA) is 70.8 Å². The largest absolute Gasteiger partial charge is 0.328 e. The summed E-state index contributed by atoms with van der Waals surface area (Å²) in [4.78, 5) is 4.45. The Kier molecular flexibility index (Phi) is 2.48. The first-order valence-corrected chi connectivity index (χ1v) is 6.11. The molecule has 0 aromatic carbocycles. The van der Waals surface area contributed by atoms with E-state index in [2.05, 4.69) is 21.5 Å². The number of hydrogen-bond donors (Lipinski definition) is 3. The average Bonchev–Trinajstić information content (AvgIpc) is 2.87. The van der Waals surface area contributed by atoms with E-state index in [-0.39, 0.29) is 0 Å². The van der Waals surface area contributed by atoms with Crippen molar-refractivity contribution in [3.63, 3.8) is 0 Å². The number of rotatable bonds is 2. The first kappa shape index (κ1) is 10.5. The molecule has 0 amide bonds. The van der Waals surface area contributed by atoms with E-state index < -0.39 is 0 Å². The first-order valence-electron chi connectivity index (χ1n) is 6.11. The molecule has 1 aliphatic carbocycles. The van der Waals surface area contributed by atoms with Crippen LogP contribution in [0.3, 0.4) is 0 Å². The van der Waals surface area contributed by atoms with Crippen molar-refractivity contribution in [2.45, 2.75) is 38.3 Å². The van der Waals surface area contributed by atoms with Crippen LogP contribution < -0.4 is 15.6 Å². The fourth-order valence-electron chi connectivity index (χ4n) is 2.55. The molecular weight excluding hydrogens is 214 g/mol. The van der Waals surface area contributed by atoms with Crippen LogP contribution in [0.2, 0.25) is 0 Å². The van der Waals surface area contributed by atoms with Crippen LogP contribution in [0, 0.1) is 6.92 Å². The van der Waals surface area contributed by atoms with Crippen LogP contribution >= 0.6 is 0 Å². The van der Waals surface area contributed by atoms with Gasteiger partial charge in [-0.1, -0.05) is 0 Å². The number of aromatic amines is 1. The van der Waals surface area contributed by atoms with Gasteiger partial charge in [-0.15, -0.1) is 9.50 Å². The van der Waals surface area contributed by atoms with Crippen molar-refractivity contribution in [3.05, 3.63) is 24.0 Å². The van der Waals surface area contributed by atoms with E-state index in [0.717, 1.165) is 36.4 Å². The van der Waals surface area contributed by atoms with Crippen LogP contribution in [0.4, 0.5) is 5.82 Å². The second-order valence-corrected chi connectivity index (χ2v) is 4.85. The third-order valence-electron chi connectivity index (χ3n) is 3.37. The average molecular weight is 232 g/mol. The van der Waals surface area contributed by atoms with Gasteiger partial charge >= 0.3 is 0 Å². The van der Waals surface area contributed by atoms with Crippen molar-refractivity contribution in [1.82, 2.24) is 10.1 Å². The quantitative estimate of drug-likeness (QED) is 0.669. The Morgan fingerprint density at radius 2 is 2.41 bits per heavy atom. The summed E-state index contributed by atoms with van der Waals surface area (Å²) < 4.78 is 1.97. The summed E-state index contributed by atoms with van der Waals surface area (Å²) in [6.07, 6.45) is 5.20. The van der Waals surface area contributed by atoms with Crippen molar-refractivity contribution in [1.29, 1.82) is 0 Å². The zero-order valence-corrected chi connectivity index (χ0v) is 9.98. The van der Waals surface area contributed by atoms with Crippen LogP contribution in [0.15, 0.2) is 18.3 Å². The van der Waals surface area contributed by atoms with Gasteiger partial charge in [0.05, 0.1) is 12.1 Å². The maximum Gasteiger partial charge on any atom is 0.286 e. The maximum absolute atomic E-state index is 5.93. The van der Waals surface area contributed by atoms with E-state index in [0.29, 0.717) is 12.1 Å². The number of fused-ring (bicyclic) bond motifs is 1. The molecule has 5 heteroatoms. The number of anilines is 1. The standard InChI is InChI=1S/C12H17N5/c1-8-6-12(16-10-3-2-9(13)7-10)17-11(15-8)4-5-14-17/h4-6,9-10H,2-3,7,13H2,1H3,(H,14,15,16)/p+1/t9-,10+/m0/s1. The fraction of sp³-hybridized carbons (Fsp3) is 0.500. The van der Waals surface area contributed by atoms with Gasteiger partial charge in [0.25, 0.3) is 5.65 Å². The van der Waals surface area contributed by atoms with E-state index >= 15 is 0 Å². The highest BCUT2D eigenvalue weighted by molar-refractivity contribution is 5.38. The summed E-state index contributed by atoms with van der Waals surface area (Å²) in [6.45, 7) is 2.01. The first-order chi connectivity index (χ1) is 8.22. The minimum Gasteiger partial charge on any atom is -0.328 e. The van der Waals surface area contributed by atoms with Gasteiger partial charge in [-0.2, -0.15) is 0 Å². The van der Waals surface area contributed by atoms with E-state index in [9.17, 15) is 0 Å². The number of H-pyrrole nitrogens is 1. The molecule has 0 aliphatic heterocycles. The minimum atomic E-state index is 0.347. The normalized spacial score (nSPS) is 24.4. The number of aromatic nitrogens is 3. The number of nitrogens with two attached hydrogens (primary N) is 1. The summed E-state index contributed by atoms with van der Waals surface area (Å²) in [6, 6.07) is 4.86. The Labute approximate surface area is 100 Å². The molecule has 0 radical (unpaired) electrons. The van der Waals surface area contributed by atoms with E-state index in [1.165, 1.54) is 0 Å². The molecule has 90 valence electrons. The fourth-order valence-corrected chi connectivity index (χ4v) is 2.55.